The second kappa shape index (κ2) is 60.8. The lowest BCUT2D eigenvalue weighted by molar-refractivity contribution is -0.359. The zero-order valence-corrected chi connectivity index (χ0v) is 57.9. The van der Waals surface area contributed by atoms with E-state index in [-0.39, 0.29) is 18.9 Å². The van der Waals surface area contributed by atoms with Crippen LogP contribution in [0.15, 0.2) is 36.5 Å². The lowest BCUT2D eigenvalue weighted by atomic mass is 9.97. The van der Waals surface area contributed by atoms with Crippen molar-refractivity contribution in [3.63, 3.8) is 0 Å². The summed E-state index contributed by atoms with van der Waals surface area (Å²) in [6.45, 7) is 2.83. The summed E-state index contributed by atoms with van der Waals surface area (Å²) in [5.74, 6) is -0.232. The number of rotatable bonds is 64. The highest BCUT2D eigenvalue weighted by Crippen LogP contribution is 2.30. The Morgan fingerprint density at radius 3 is 1.11 bits per heavy atom. The third-order valence-corrected chi connectivity index (χ3v) is 18.8. The van der Waals surface area contributed by atoms with Crippen molar-refractivity contribution in [1.82, 2.24) is 5.32 Å². The van der Waals surface area contributed by atoms with Gasteiger partial charge in [-0.2, -0.15) is 0 Å². The van der Waals surface area contributed by atoms with Gasteiger partial charge < -0.3 is 65.1 Å². The Labute approximate surface area is 551 Å². The first kappa shape index (κ1) is 84.3. The summed E-state index contributed by atoms with van der Waals surface area (Å²) < 4.78 is 22.9. The van der Waals surface area contributed by atoms with Crippen molar-refractivity contribution in [2.45, 2.75) is 421 Å². The summed E-state index contributed by atoms with van der Waals surface area (Å²) in [6.07, 6.45) is 62.3. The van der Waals surface area contributed by atoms with E-state index in [1.807, 2.05) is 6.08 Å². The molecule has 2 fully saturated rings. The molecule has 0 aromatic heterocycles. The zero-order chi connectivity index (χ0) is 65.2. The van der Waals surface area contributed by atoms with E-state index in [2.05, 4.69) is 43.5 Å². The smallest absolute Gasteiger partial charge is 0.220 e. The van der Waals surface area contributed by atoms with Gasteiger partial charge in [0.1, 0.15) is 48.8 Å². The summed E-state index contributed by atoms with van der Waals surface area (Å²) in [4.78, 5) is 13.3. The number of hydrogen-bond acceptors (Lipinski definition) is 13. The summed E-state index contributed by atoms with van der Waals surface area (Å²) in [5.41, 5.74) is 0. The van der Waals surface area contributed by atoms with Crippen molar-refractivity contribution in [2.75, 3.05) is 19.8 Å². The Morgan fingerprint density at radius 1 is 0.400 bits per heavy atom. The molecule has 0 bridgehead atoms. The van der Waals surface area contributed by atoms with E-state index in [1.165, 1.54) is 276 Å². The molecule has 14 nitrogen and oxygen atoms in total. The minimum atomic E-state index is -1.79. The summed E-state index contributed by atoms with van der Waals surface area (Å²) in [5, 5.41) is 87.4. The molecule has 90 heavy (non-hydrogen) atoms. The maximum atomic E-state index is 13.3. The van der Waals surface area contributed by atoms with E-state index >= 15 is 0 Å². The standard InChI is InChI=1S/C76H143NO13/c1-3-5-7-9-11-13-15-17-19-21-22-23-24-25-26-27-28-29-30-31-32-33-34-35-36-37-38-39-40-41-42-44-46-48-50-52-54-56-58-60-68(81)77-64(65(80)59-57-55-53-51-49-47-45-43-20-18-16-14-12-10-8-6-4-2)63-87-75-73(86)71(84)74(67(62-79)89-75)90-76-72(85)70(83)69(82)66(61-78)88-76/h15,17,21-22,57,59,64-67,69-76,78-80,82-86H,3-14,16,18-20,23-56,58,60-63H2,1-2H3,(H,77,81)/b17-15-,22-21-,59-57+. The van der Waals surface area contributed by atoms with Gasteiger partial charge in [-0.15, -0.1) is 0 Å². The van der Waals surface area contributed by atoms with Gasteiger partial charge >= 0.3 is 0 Å². The molecule has 2 aliphatic heterocycles. The SMILES string of the molecule is CCCCCCC/C=C\C/C=C\CCCCCCCCCCCCCCCCCCCCCCCCCCCCCC(=O)NC(COC1OC(CO)C(OC2OC(CO)C(O)C(O)C2O)C(O)C1O)C(O)/C=C/CCCCCCCCCCCCCCCCC. The monoisotopic (exact) mass is 1280 g/mol. The molecule has 0 aliphatic carbocycles. The lowest BCUT2D eigenvalue weighted by Crippen LogP contribution is -2.65. The largest absolute Gasteiger partial charge is 0.394 e. The fourth-order valence-electron chi connectivity index (χ4n) is 12.7. The van der Waals surface area contributed by atoms with Crippen molar-refractivity contribution in [3.8, 4) is 0 Å². The topological polar surface area (TPSA) is 228 Å². The molecule has 0 aromatic carbocycles. The highest BCUT2D eigenvalue weighted by molar-refractivity contribution is 5.76. The van der Waals surface area contributed by atoms with Crippen molar-refractivity contribution < 1.29 is 64.6 Å². The van der Waals surface area contributed by atoms with Crippen LogP contribution >= 0.6 is 0 Å². The van der Waals surface area contributed by atoms with Gasteiger partial charge in [0.2, 0.25) is 5.91 Å². The molecule has 9 N–H and O–H groups in total. The van der Waals surface area contributed by atoms with Crippen molar-refractivity contribution in [1.29, 1.82) is 0 Å². The van der Waals surface area contributed by atoms with Gasteiger partial charge in [-0.05, 0) is 51.4 Å². The molecule has 530 valence electrons. The van der Waals surface area contributed by atoms with Crippen LogP contribution in [0.2, 0.25) is 0 Å². The number of hydrogen-bond donors (Lipinski definition) is 9. The van der Waals surface area contributed by atoms with Gasteiger partial charge in [-0.3, -0.25) is 4.79 Å². The summed E-state index contributed by atoms with van der Waals surface area (Å²) in [7, 11) is 0. The quantitative estimate of drug-likeness (QED) is 0.0204. The molecule has 0 spiro atoms. The van der Waals surface area contributed by atoms with Gasteiger partial charge in [-0.1, -0.05) is 326 Å². The van der Waals surface area contributed by atoms with Crippen LogP contribution in [-0.4, -0.2) is 140 Å². The average molecular weight is 1280 g/mol. The highest BCUT2D eigenvalue weighted by Gasteiger charge is 2.51. The van der Waals surface area contributed by atoms with Crippen molar-refractivity contribution in [2.24, 2.45) is 0 Å². The first-order valence-corrected chi connectivity index (χ1v) is 38.2. The third-order valence-electron chi connectivity index (χ3n) is 18.8. The maximum Gasteiger partial charge on any atom is 0.220 e. The Morgan fingerprint density at radius 2 is 0.733 bits per heavy atom. The van der Waals surface area contributed by atoms with E-state index in [1.54, 1.807) is 6.08 Å². The van der Waals surface area contributed by atoms with Crippen LogP contribution in [-0.2, 0) is 23.7 Å². The van der Waals surface area contributed by atoms with Crippen LogP contribution < -0.4 is 5.32 Å². The fraction of sp³-hybridized carbons (Fsp3) is 0.908. The molecular formula is C76H143NO13. The fourth-order valence-corrected chi connectivity index (χ4v) is 12.7. The van der Waals surface area contributed by atoms with Gasteiger partial charge in [0, 0.05) is 6.42 Å². The van der Waals surface area contributed by atoms with Gasteiger partial charge in [0.15, 0.2) is 12.6 Å². The molecular weight excluding hydrogens is 1130 g/mol. The van der Waals surface area contributed by atoms with E-state index in [4.69, 9.17) is 18.9 Å². The predicted molar refractivity (Wildman–Crippen MR) is 369 cm³/mol. The minimum Gasteiger partial charge on any atom is -0.394 e. The molecule has 0 saturated carbocycles. The molecule has 12 atom stereocenters. The Hall–Kier alpha value is -1.79. The molecule has 0 radical (unpaired) electrons. The molecule has 1 amide bonds. The number of allylic oxidation sites excluding steroid dienone is 5. The summed E-state index contributed by atoms with van der Waals surface area (Å²) in [6, 6.07) is -0.913. The average Bonchev–Trinajstić information content (AvgIpc) is 1.04. The zero-order valence-electron chi connectivity index (χ0n) is 57.9. The highest BCUT2D eigenvalue weighted by atomic mass is 16.7. The Kier molecular flexibility index (Phi) is 57.0. The number of aliphatic hydroxyl groups excluding tert-OH is 8. The molecule has 2 saturated heterocycles. The summed E-state index contributed by atoms with van der Waals surface area (Å²) >= 11 is 0. The second-order valence-corrected chi connectivity index (χ2v) is 27.1. The van der Waals surface area contributed by atoms with Crippen molar-refractivity contribution in [3.05, 3.63) is 36.5 Å². The molecule has 0 aromatic rings. The van der Waals surface area contributed by atoms with E-state index in [0.29, 0.717) is 6.42 Å². The third kappa shape index (κ3) is 44.0. The number of nitrogens with one attached hydrogen (secondary N) is 1. The Bertz CT molecular complexity index is 1650. The van der Waals surface area contributed by atoms with Crippen LogP contribution in [0.3, 0.4) is 0 Å². The number of ether oxygens (including phenoxy) is 4. The lowest BCUT2D eigenvalue weighted by Gasteiger charge is -2.46. The number of carbonyl (C=O) groups excluding carboxylic acids is 1. The van der Waals surface area contributed by atoms with Gasteiger partial charge in [0.05, 0.1) is 32.0 Å². The van der Waals surface area contributed by atoms with Crippen LogP contribution in [0.25, 0.3) is 0 Å². The Balaban J connectivity index is 1.56. The first-order valence-electron chi connectivity index (χ1n) is 38.2. The molecule has 12 unspecified atom stereocenters. The van der Waals surface area contributed by atoms with E-state index < -0.39 is 86.8 Å². The predicted octanol–water partition coefficient (Wildman–Crippen LogP) is 16.5. The number of amides is 1. The number of carbonyl (C=O) groups is 1. The molecule has 2 rings (SSSR count). The van der Waals surface area contributed by atoms with Crippen molar-refractivity contribution >= 4 is 5.91 Å². The minimum absolute atomic E-state index is 0.232. The van der Waals surface area contributed by atoms with Crippen LogP contribution in [0.1, 0.15) is 348 Å². The second-order valence-electron chi connectivity index (χ2n) is 27.1. The molecule has 2 heterocycles. The first-order chi connectivity index (χ1) is 44.1. The van der Waals surface area contributed by atoms with Crippen LogP contribution in [0.5, 0.6) is 0 Å². The molecule has 2 aliphatic rings. The normalized spacial score (nSPS) is 23.0. The van der Waals surface area contributed by atoms with Crippen LogP contribution in [0, 0.1) is 0 Å². The van der Waals surface area contributed by atoms with E-state index in [0.717, 1.165) is 44.9 Å². The number of unbranched alkanes of at least 4 members (excludes halogenated alkanes) is 47. The molecule has 14 heteroatoms. The van der Waals surface area contributed by atoms with Crippen LogP contribution in [0.4, 0.5) is 0 Å². The number of aliphatic hydroxyl groups is 8. The van der Waals surface area contributed by atoms with Gasteiger partial charge in [-0.25, -0.2) is 0 Å². The van der Waals surface area contributed by atoms with E-state index in [9.17, 15) is 45.6 Å². The van der Waals surface area contributed by atoms with Gasteiger partial charge in [0.25, 0.3) is 0 Å². The maximum absolute atomic E-state index is 13.3.